The first kappa shape index (κ1) is 16.0. The molecule has 110 valence electrons. The van der Waals surface area contributed by atoms with Gasteiger partial charge in [0.2, 0.25) is 11.8 Å². The Morgan fingerprint density at radius 3 is 2.30 bits per heavy atom. The van der Waals surface area contributed by atoms with Crippen molar-refractivity contribution in [2.45, 2.75) is 33.4 Å². The molecule has 0 fully saturated rings. The Morgan fingerprint density at radius 1 is 1.25 bits per heavy atom. The monoisotopic (exact) mass is 278 g/mol. The molecule has 5 heteroatoms. The van der Waals surface area contributed by atoms with Crippen molar-refractivity contribution in [3.05, 3.63) is 29.8 Å². The number of nitrogens with one attached hydrogen (secondary N) is 1. The highest BCUT2D eigenvalue weighted by Crippen LogP contribution is 2.13. The third-order valence-electron chi connectivity index (χ3n) is 2.76. The average Bonchev–Trinajstić information content (AvgIpc) is 2.37. The maximum absolute atomic E-state index is 11.7. The minimum Gasteiger partial charge on any atom is -0.497 e. The maximum atomic E-state index is 11.7. The highest BCUT2D eigenvalue weighted by Gasteiger charge is 2.14. The number of ether oxygens (including phenoxy) is 1. The number of benzene rings is 1. The zero-order chi connectivity index (χ0) is 15.1. The van der Waals surface area contributed by atoms with Crippen molar-refractivity contribution < 1.29 is 14.3 Å². The van der Waals surface area contributed by atoms with Crippen LogP contribution in [0.25, 0.3) is 0 Å². The van der Waals surface area contributed by atoms with Gasteiger partial charge in [0.05, 0.1) is 13.7 Å². The van der Waals surface area contributed by atoms with Crippen molar-refractivity contribution in [3.63, 3.8) is 0 Å². The van der Waals surface area contributed by atoms with E-state index in [1.165, 1.54) is 11.8 Å². The number of nitrogens with zero attached hydrogens (tertiary/aromatic N) is 1. The molecule has 0 atom stereocenters. The van der Waals surface area contributed by atoms with E-state index >= 15 is 0 Å². The molecule has 0 aliphatic heterocycles. The van der Waals surface area contributed by atoms with E-state index in [1.54, 1.807) is 7.11 Å². The summed E-state index contributed by atoms with van der Waals surface area (Å²) in [5.74, 6) is 0.490. The third kappa shape index (κ3) is 5.30. The number of rotatable bonds is 6. The predicted octanol–water partition coefficient (Wildman–Crippen LogP) is 1.57. The summed E-state index contributed by atoms with van der Waals surface area (Å²) in [6.07, 6.45) is 0. The molecule has 0 bridgehead atoms. The lowest BCUT2D eigenvalue weighted by Crippen LogP contribution is -2.41. The molecule has 2 amide bonds. The van der Waals surface area contributed by atoms with Crippen molar-refractivity contribution in [2.24, 2.45) is 0 Å². The Kier molecular flexibility index (Phi) is 6.03. The summed E-state index contributed by atoms with van der Waals surface area (Å²) in [6, 6.07) is 7.51. The summed E-state index contributed by atoms with van der Waals surface area (Å²) >= 11 is 0. The summed E-state index contributed by atoms with van der Waals surface area (Å²) in [5, 5.41) is 2.78. The second-order valence-corrected chi connectivity index (χ2v) is 4.95. The fraction of sp³-hybridized carbons (Fsp3) is 0.467. The van der Waals surface area contributed by atoms with Crippen LogP contribution < -0.4 is 10.1 Å². The Labute approximate surface area is 119 Å². The van der Waals surface area contributed by atoms with Gasteiger partial charge in [0.15, 0.2) is 0 Å². The standard InChI is InChI=1S/C15H22N2O3/c1-11(2)16-15(19)10-17(12(3)18)9-13-5-7-14(20-4)8-6-13/h5-8,11H,9-10H2,1-4H3,(H,16,19). The third-order valence-corrected chi connectivity index (χ3v) is 2.76. The Morgan fingerprint density at radius 2 is 1.85 bits per heavy atom. The van der Waals surface area contributed by atoms with Gasteiger partial charge in [-0.3, -0.25) is 9.59 Å². The molecule has 1 N–H and O–H groups in total. The van der Waals surface area contributed by atoms with Crippen molar-refractivity contribution in [1.82, 2.24) is 10.2 Å². The number of methoxy groups -OCH3 is 1. The molecule has 0 unspecified atom stereocenters. The van der Waals surface area contributed by atoms with Crippen LogP contribution in [0.4, 0.5) is 0 Å². The molecular formula is C15H22N2O3. The van der Waals surface area contributed by atoms with Crippen LogP contribution in [0, 0.1) is 0 Å². The molecule has 0 saturated heterocycles. The van der Waals surface area contributed by atoms with Gasteiger partial charge in [0, 0.05) is 19.5 Å². The molecule has 1 rings (SSSR count). The molecule has 0 aromatic heterocycles. The van der Waals surface area contributed by atoms with Crippen LogP contribution in [0.15, 0.2) is 24.3 Å². The minimum atomic E-state index is -0.149. The number of carbonyl (C=O) groups is 2. The van der Waals surface area contributed by atoms with Crippen molar-refractivity contribution in [1.29, 1.82) is 0 Å². The second-order valence-electron chi connectivity index (χ2n) is 4.95. The van der Waals surface area contributed by atoms with Gasteiger partial charge in [-0.15, -0.1) is 0 Å². The van der Waals surface area contributed by atoms with Crippen molar-refractivity contribution >= 4 is 11.8 Å². The van der Waals surface area contributed by atoms with Crippen LogP contribution in [0.5, 0.6) is 5.75 Å². The lowest BCUT2D eigenvalue weighted by Gasteiger charge is -2.21. The maximum Gasteiger partial charge on any atom is 0.239 e. The largest absolute Gasteiger partial charge is 0.497 e. The highest BCUT2D eigenvalue weighted by atomic mass is 16.5. The SMILES string of the molecule is COc1ccc(CN(CC(=O)NC(C)C)C(C)=O)cc1. The molecular weight excluding hydrogens is 256 g/mol. The molecule has 0 heterocycles. The van der Waals surface area contributed by atoms with E-state index in [2.05, 4.69) is 5.32 Å². The van der Waals surface area contributed by atoms with Crippen LogP contribution in [0.1, 0.15) is 26.3 Å². The van der Waals surface area contributed by atoms with Crippen LogP contribution in [0.2, 0.25) is 0 Å². The van der Waals surface area contributed by atoms with E-state index in [1.807, 2.05) is 38.1 Å². The normalized spacial score (nSPS) is 10.2. The Hall–Kier alpha value is -2.04. The second kappa shape index (κ2) is 7.53. The van der Waals surface area contributed by atoms with Crippen molar-refractivity contribution in [3.8, 4) is 5.75 Å². The molecule has 5 nitrogen and oxygen atoms in total. The van der Waals surface area contributed by atoms with E-state index in [0.717, 1.165) is 11.3 Å². The van der Waals surface area contributed by atoms with Gasteiger partial charge in [-0.05, 0) is 31.5 Å². The zero-order valence-corrected chi connectivity index (χ0v) is 12.5. The topological polar surface area (TPSA) is 58.6 Å². The van der Waals surface area contributed by atoms with Gasteiger partial charge in [-0.25, -0.2) is 0 Å². The van der Waals surface area contributed by atoms with E-state index in [0.29, 0.717) is 6.54 Å². The van der Waals surface area contributed by atoms with E-state index in [9.17, 15) is 9.59 Å². The summed E-state index contributed by atoms with van der Waals surface area (Å²) in [6.45, 7) is 5.72. The molecule has 0 saturated carbocycles. The molecule has 0 aliphatic carbocycles. The van der Waals surface area contributed by atoms with Gasteiger partial charge in [-0.1, -0.05) is 12.1 Å². The summed E-state index contributed by atoms with van der Waals surface area (Å²) in [4.78, 5) is 24.9. The molecule has 0 spiro atoms. The first-order valence-electron chi connectivity index (χ1n) is 6.60. The van der Waals surface area contributed by atoms with Crippen LogP contribution in [-0.2, 0) is 16.1 Å². The quantitative estimate of drug-likeness (QED) is 0.859. The number of carbonyl (C=O) groups excluding carboxylic acids is 2. The fourth-order valence-corrected chi connectivity index (χ4v) is 1.77. The summed E-state index contributed by atoms with van der Waals surface area (Å²) in [5.41, 5.74) is 0.957. The zero-order valence-electron chi connectivity index (χ0n) is 12.5. The summed E-state index contributed by atoms with van der Waals surface area (Å²) < 4.78 is 5.09. The number of hydrogen-bond acceptors (Lipinski definition) is 3. The van der Waals surface area contributed by atoms with Gasteiger partial charge >= 0.3 is 0 Å². The summed E-state index contributed by atoms with van der Waals surface area (Å²) in [7, 11) is 1.60. The van der Waals surface area contributed by atoms with Crippen LogP contribution in [0.3, 0.4) is 0 Å². The van der Waals surface area contributed by atoms with Crippen LogP contribution in [-0.4, -0.2) is 36.4 Å². The van der Waals surface area contributed by atoms with E-state index < -0.39 is 0 Å². The smallest absolute Gasteiger partial charge is 0.239 e. The highest BCUT2D eigenvalue weighted by molar-refractivity contribution is 5.83. The fourth-order valence-electron chi connectivity index (χ4n) is 1.77. The number of hydrogen-bond donors (Lipinski definition) is 1. The lowest BCUT2D eigenvalue weighted by molar-refractivity contribution is -0.135. The van der Waals surface area contributed by atoms with Gasteiger partial charge in [0.1, 0.15) is 5.75 Å². The lowest BCUT2D eigenvalue weighted by atomic mass is 10.2. The van der Waals surface area contributed by atoms with Crippen LogP contribution >= 0.6 is 0 Å². The van der Waals surface area contributed by atoms with Gasteiger partial charge in [-0.2, -0.15) is 0 Å². The van der Waals surface area contributed by atoms with Gasteiger partial charge in [0.25, 0.3) is 0 Å². The van der Waals surface area contributed by atoms with Gasteiger partial charge < -0.3 is 15.0 Å². The minimum absolute atomic E-state index is 0.0669. The molecule has 1 aromatic rings. The average molecular weight is 278 g/mol. The van der Waals surface area contributed by atoms with E-state index in [-0.39, 0.29) is 24.4 Å². The van der Waals surface area contributed by atoms with E-state index in [4.69, 9.17) is 4.74 Å². The number of amides is 2. The first-order valence-corrected chi connectivity index (χ1v) is 6.60. The molecule has 20 heavy (non-hydrogen) atoms. The molecule has 0 radical (unpaired) electrons. The predicted molar refractivity (Wildman–Crippen MR) is 77.4 cm³/mol. The van der Waals surface area contributed by atoms with Crippen molar-refractivity contribution in [2.75, 3.05) is 13.7 Å². The Balaban J connectivity index is 2.66. The molecule has 0 aliphatic rings. The Bertz CT molecular complexity index is 455. The molecule has 1 aromatic carbocycles. The first-order chi connectivity index (χ1) is 9.42.